The van der Waals surface area contributed by atoms with Crippen LogP contribution in [0.25, 0.3) is 0 Å². The van der Waals surface area contributed by atoms with Crippen LogP contribution in [0.4, 0.5) is 64.7 Å². The second-order valence-corrected chi connectivity index (χ2v) is 19.7. The molecule has 0 aliphatic carbocycles. The second-order valence-electron chi connectivity index (χ2n) is 19.7. The Hall–Kier alpha value is -9.32. The van der Waals surface area contributed by atoms with Gasteiger partial charge in [0.15, 0.2) is 0 Å². The fourth-order valence-electron chi connectivity index (χ4n) is 9.28. The van der Waals surface area contributed by atoms with E-state index in [0.717, 1.165) is 74.6 Å². The summed E-state index contributed by atoms with van der Waals surface area (Å²) in [6.07, 6.45) is 0. The zero-order chi connectivity index (χ0) is 55.1. The van der Waals surface area contributed by atoms with Gasteiger partial charge in [0.2, 0.25) is 0 Å². The van der Waals surface area contributed by atoms with Crippen molar-refractivity contribution >= 4 is 69.6 Å². The number of carbonyl (C=O) groups excluding carboxylic acids is 4. The van der Waals surface area contributed by atoms with Gasteiger partial charge in [-0.05, 0) is 119 Å². The summed E-state index contributed by atoms with van der Waals surface area (Å²) in [6.45, 7) is 9.20. The van der Waals surface area contributed by atoms with Gasteiger partial charge in [-0.3, -0.25) is 19.6 Å². The molecule has 0 aromatic heterocycles. The molecule has 1 fully saturated rings. The smallest absolute Gasteiger partial charge is 0.308 e. The third kappa shape index (κ3) is 18.4. The van der Waals surface area contributed by atoms with Crippen LogP contribution in [0.3, 0.4) is 0 Å². The summed E-state index contributed by atoms with van der Waals surface area (Å²) in [5, 5.41) is 23.4. The average molecular weight is 1070 g/mol. The van der Waals surface area contributed by atoms with Crippen molar-refractivity contribution in [1.82, 2.24) is 19.6 Å². The first-order valence-corrected chi connectivity index (χ1v) is 27.0. The SMILES string of the molecule is O=C(Nc1ccccc1)Nc1ccc(CN2CCN(Cc3ccc(NC(=O)Nc4ccccc4)cc3)CCN(Cc3ccc(NC(=O)Nc4ccccc4)cc3)CCN(Cc3ccc(NC(=O)Nc4ccccc4)cc3)CC2)cc1. The summed E-state index contributed by atoms with van der Waals surface area (Å²) in [7, 11) is 0. The number of benzene rings is 8. The number of carbonyl (C=O) groups is 4. The minimum Gasteiger partial charge on any atom is -0.308 e. The molecule has 0 atom stereocenters. The van der Waals surface area contributed by atoms with Gasteiger partial charge in [-0.25, -0.2) is 19.2 Å². The molecule has 1 aliphatic heterocycles. The van der Waals surface area contributed by atoms with E-state index in [-0.39, 0.29) is 24.1 Å². The largest absolute Gasteiger partial charge is 0.323 e. The Bertz CT molecular complexity index is 2740. The highest BCUT2D eigenvalue weighted by molar-refractivity contribution is 6.01. The van der Waals surface area contributed by atoms with Crippen LogP contribution < -0.4 is 42.5 Å². The van der Waals surface area contributed by atoms with Crippen LogP contribution in [0, 0.1) is 0 Å². The predicted octanol–water partition coefficient (Wildman–Crippen LogP) is 12.6. The molecule has 9 rings (SSSR count). The van der Waals surface area contributed by atoms with Gasteiger partial charge in [0, 0.05) is 124 Å². The van der Waals surface area contributed by atoms with Gasteiger partial charge in [-0.15, -0.1) is 0 Å². The second kappa shape index (κ2) is 28.9. The van der Waals surface area contributed by atoms with E-state index in [1.807, 2.05) is 170 Å². The lowest BCUT2D eigenvalue weighted by atomic mass is 10.1. The molecule has 8 aromatic carbocycles. The molecule has 0 unspecified atom stereocenters. The number of hydrogen-bond acceptors (Lipinski definition) is 8. The number of hydrogen-bond donors (Lipinski definition) is 8. The highest BCUT2D eigenvalue weighted by Gasteiger charge is 2.19. The van der Waals surface area contributed by atoms with E-state index < -0.39 is 0 Å². The van der Waals surface area contributed by atoms with E-state index in [4.69, 9.17) is 0 Å². The molecule has 0 radical (unpaired) electrons. The maximum atomic E-state index is 12.8. The number of rotatable bonds is 16. The van der Waals surface area contributed by atoms with Gasteiger partial charge in [-0.1, -0.05) is 121 Å². The number of nitrogens with zero attached hydrogens (tertiary/aromatic N) is 4. The molecule has 16 heteroatoms. The zero-order valence-corrected chi connectivity index (χ0v) is 44.7. The fourth-order valence-corrected chi connectivity index (χ4v) is 9.28. The van der Waals surface area contributed by atoms with Crippen LogP contribution in [0.15, 0.2) is 218 Å². The molecule has 0 bridgehead atoms. The molecule has 8 N–H and O–H groups in total. The van der Waals surface area contributed by atoms with Gasteiger partial charge >= 0.3 is 24.1 Å². The van der Waals surface area contributed by atoms with Crippen molar-refractivity contribution < 1.29 is 19.2 Å². The van der Waals surface area contributed by atoms with Crippen LogP contribution in [0.5, 0.6) is 0 Å². The van der Waals surface area contributed by atoms with Crippen LogP contribution in [0.2, 0.25) is 0 Å². The minimum absolute atomic E-state index is 0.305. The summed E-state index contributed by atoms with van der Waals surface area (Å²) in [4.78, 5) is 61.4. The monoisotopic (exact) mass is 1070 g/mol. The molecule has 408 valence electrons. The maximum Gasteiger partial charge on any atom is 0.323 e. The van der Waals surface area contributed by atoms with Crippen molar-refractivity contribution in [3.63, 3.8) is 0 Å². The minimum atomic E-state index is -0.305. The van der Waals surface area contributed by atoms with Gasteiger partial charge in [0.25, 0.3) is 0 Å². The highest BCUT2D eigenvalue weighted by Crippen LogP contribution is 2.20. The van der Waals surface area contributed by atoms with Crippen molar-refractivity contribution in [3.8, 4) is 0 Å². The zero-order valence-electron chi connectivity index (χ0n) is 44.7. The first kappa shape index (κ1) is 55.4. The molecule has 16 nitrogen and oxygen atoms in total. The van der Waals surface area contributed by atoms with Crippen molar-refractivity contribution in [3.05, 3.63) is 241 Å². The Morgan fingerprint density at radius 2 is 0.375 bits per heavy atom. The van der Waals surface area contributed by atoms with E-state index in [1.54, 1.807) is 0 Å². The van der Waals surface area contributed by atoms with Gasteiger partial charge in [-0.2, -0.15) is 0 Å². The summed E-state index contributed by atoms with van der Waals surface area (Å²) < 4.78 is 0. The number of anilines is 8. The molecule has 0 saturated carbocycles. The Kier molecular flexibility index (Phi) is 20.0. The third-order valence-corrected chi connectivity index (χ3v) is 13.5. The first-order valence-electron chi connectivity index (χ1n) is 27.0. The molecule has 80 heavy (non-hydrogen) atoms. The van der Waals surface area contributed by atoms with Gasteiger partial charge < -0.3 is 42.5 Å². The van der Waals surface area contributed by atoms with E-state index in [1.165, 1.54) is 0 Å². The van der Waals surface area contributed by atoms with Crippen LogP contribution in [0.1, 0.15) is 22.3 Å². The third-order valence-electron chi connectivity index (χ3n) is 13.5. The fraction of sp³-hybridized carbons (Fsp3) is 0.188. The Morgan fingerprint density at radius 1 is 0.225 bits per heavy atom. The highest BCUT2D eigenvalue weighted by atomic mass is 16.2. The number of nitrogens with one attached hydrogen (secondary N) is 8. The molecule has 1 heterocycles. The number of para-hydroxylation sites is 4. The summed E-state index contributed by atoms with van der Waals surface area (Å²) >= 11 is 0. The molecule has 1 saturated heterocycles. The number of urea groups is 4. The van der Waals surface area contributed by atoms with Gasteiger partial charge in [0.1, 0.15) is 0 Å². The Labute approximate surface area is 468 Å². The molecule has 0 spiro atoms. The van der Waals surface area contributed by atoms with E-state index in [2.05, 4.69) is 111 Å². The molecule has 1 aliphatic rings. The number of amides is 8. The standard InChI is InChI=1S/C64H68N12O4/c77-61(65-53-13-5-1-6-14-53)69-57-29-21-49(22-30-57)45-73-37-39-74(46-50-23-31-58(32-24-50)70-62(78)66-54-15-7-2-8-16-54)41-43-76(48-52-27-35-60(36-28-52)72-64(80)68-56-19-11-4-12-20-56)44-42-75(40-38-73)47-51-25-33-59(34-26-51)71-63(79)67-55-17-9-3-10-18-55/h1-36H,37-48H2,(H2,65,69,77)(H2,66,70,78)(H2,67,71,79)(H2,68,72,80). The molecule has 8 aromatic rings. The Morgan fingerprint density at radius 3 is 0.537 bits per heavy atom. The van der Waals surface area contributed by atoms with E-state index in [0.29, 0.717) is 71.7 Å². The van der Waals surface area contributed by atoms with E-state index in [9.17, 15) is 19.2 Å². The van der Waals surface area contributed by atoms with Gasteiger partial charge in [0.05, 0.1) is 0 Å². The summed E-state index contributed by atoms with van der Waals surface area (Å²) in [5.41, 5.74) is 10.2. The van der Waals surface area contributed by atoms with Crippen LogP contribution in [-0.4, -0.2) is 96.1 Å². The van der Waals surface area contributed by atoms with Crippen molar-refractivity contribution in [2.45, 2.75) is 26.2 Å². The van der Waals surface area contributed by atoms with Crippen molar-refractivity contribution in [1.29, 1.82) is 0 Å². The lowest BCUT2D eigenvalue weighted by Gasteiger charge is -2.34. The molecular formula is C64H68N12O4. The summed E-state index contributed by atoms with van der Waals surface area (Å²) in [6, 6.07) is 68.5. The topological polar surface area (TPSA) is 177 Å². The molecular weight excluding hydrogens is 1000 g/mol. The van der Waals surface area contributed by atoms with Crippen LogP contribution in [-0.2, 0) is 26.2 Å². The van der Waals surface area contributed by atoms with Crippen molar-refractivity contribution in [2.75, 3.05) is 94.9 Å². The molecule has 8 amide bonds. The maximum absolute atomic E-state index is 12.8. The van der Waals surface area contributed by atoms with Crippen LogP contribution >= 0.6 is 0 Å². The lowest BCUT2D eigenvalue weighted by Crippen LogP contribution is -2.45. The lowest BCUT2D eigenvalue weighted by molar-refractivity contribution is 0.122. The first-order chi connectivity index (χ1) is 39.2. The quantitative estimate of drug-likeness (QED) is 0.0471. The van der Waals surface area contributed by atoms with E-state index >= 15 is 0 Å². The summed E-state index contributed by atoms with van der Waals surface area (Å²) in [5.74, 6) is 0. The van der Waals surface area contributed by atoms with Crippen molar-refractivity contribution in [2.24, 2.45) is 0 Å². The normalized spacial score (nSPS) is 13.8. The average Bonchev–Trinajstić information content (AvgIpc) is 3.46. The predicted molar refractivity (Wildman–Crippen MR) is 323 cm³/mol. The Balaban J connectivity index is 0.910.